The van der Waals surface area contributed by atoms with E-state index in [4.69, 9.17) is 0 Å². The standard InChI is InChI=1S/C14H21N5/c1-2-9-15-13-11-17-19-14(18-13)16-10-8-12-6-4-3-5-7-12/h2,6,11H,1,3-5,7-10H2,(H2,15,16,18,19). The monoisotopic (exact) mass is 259 g/mol. The number of aromatic nitrogens is 3. The quantitative estimate of drug-likeness (QED) is 0.737. The average molecular weight is 259 g/mol. The summed E-state index contributed by atoms with van der Waals surface area (Å²) in [5.41, 5.74) is 1.55. The average Bonchev–Trinajstić information content (AvgIpc) is 2.47. The molecule has 0 fully saturated rings. The minimum absolute atomic E-state index is 0.575. The highest BCUT2D eigenvalue weighted by Gasteiger charge is 2.04. The van der Waals surface area contributed by atoms with E-state index in [1.54, 1.807) is 17.8 Å². The van der Waals surface area contributed by atoms with E-state index in [9.17, 15) is 0 Å². The molecule has 0 aromatic carbocycles. The zero-order valence-corrected chi connectivity index (χ0v) is 11.2. The molecule has 2 N–H and O–H groups in total. The third kappa shape index (κ3) is 4.69. The first kappa shape index (κ1) is 13.5. The van der Waals surface area contributed by atoms with Crippen LogP contribution in [0.3, 0.4) is 0 Å². The van der Waals surface area contributed by atoms with Crippen molar-refractivity contribution < 1.29 is 0 Å². The number of hydrogen-bond donors (Lipinski definition) is 2. The lowest BCUT2D eigenvalue weighted by atomic mass is 9.97. The third-order valence-electron chi connectivity index (χ3n) is 3.10. The van der Waals surface area contributed by atoms with Crippen molar-refractivity contribution in [2.75, 3.05) is 23.7 Å². The van der Waals surface area contributed by atoms with Crippen LogP contribution in [0.4, 0.5) is 11.8 Å². The predicted octanol–water partition coefficient (Wildman–Crippen LogP) is 2.77. The van der Waals surface area contributed by atoms with Gasteiger partial charge in [0.15, 0.2) is 5.82 Å². The molecule has 0 bridgehead atoms. The highest BCUT2D eigenvalue weighted by atomic mass is 15.3. The van der Waals surface area contributed by atoms with Crippen molar-refractivity contribution in [3.8, 4) is 0 Å². The van der Waals surface area contributed by atoms with Crippen LogP contribution in [0.15, 0.2) is 30.5 Å². The molecule has 1 aliphatic rings. The fourth-order valence-electron chi connectivity index (χ4n) is 2.11. The van der Waals surface area contributed by atoms with E-state index in [1.165, 1.54) is 25.7 Å². The molecular formula is C14H21N5. The largest absolute Gasteiger partial charge is 0.365 e. The fraction of sp³-hybridized carbons (Fsp3) is 0.500. The predicted molar refractivity (Wildman–Crippen MR) is 78.2 cm³/mol. The van der Waals surface area contributed by atoms with Gasteiger partial charge in [0.25, 0.3) is 0 Å². The molecule has 0 saturated heterocycles. The van der Waals surface area contributed by atoms with Gasteiger partial charge in [-0.2, -0.15) is 10.1 Å². The Morgan fingerprint density at radius 1 is 1.32 bits per heavy atom. The van der Waals surface area contributed by atoms with Gasteiger partial charge in [-0.1, -0.05) is 17.7 Å². The number of hydrogen-bond acceptors (Lipinski definition) is 5. The van der Waals surface area contributed by atoms with E-state index < -0.39 is 0 Å². The van der Waals surface area contributed by atoms with Crippen molar-refractivity contribution >= 4 is 11.8 Å². The van der Waals surface area contributed by atoms with Gasteiger partial charge in [0, 0.05) is 13.1 Å². The van der Waals surface area contributed by atoms with Crippen LogP contribution >= 0.6 is 0 Å². The van der Waals surface area contributed by atoms with E-state index in [1.807, 2.05) is 0 Å². The molecule has 1 aliphatic carbocycles. The van der Waals surface area contributed by atoms with Crippen molar-refractivity contribution in [1.82, 2.24) is 15.2 Å². The molecule has 0 aliphatic heterocycles. The second-order valence-electron chi connectivity index (χ2n) is 4.62. The summed E-state index contributed by atoms with van der Waals surface area (Å²) in [6.45, 7) is 5.18. The third-order valence-corrected chi connectivity index (χ3v) is 3.10. The first-order chi connectivity index (χ1) is 9.38. The lowest BCUT2D eigenvalue weighted by Crippen LogP contribution is -2.10. The Morgan fingerprint density at radius 3 is 3.05 bits per heavy atom. The zero-order valence-electron chi connectivity index (χ0n) is 11.2. The molecule has 0 saturated carbocycles. The van der Waals surface area contributed by atoms with E-state index in [0.29, 0.717) is 18.3 Å². The van der Waals surface area contributed by atoms with Gasteiger partial charge in [-0.15, -0.1) is 11.7 Å². The molecule has 1 aromatic heterocycles. The second-order valence-corrected chi connectivity index (χ2v) is 4.62. The van der Waals surface area contributed by atoms with Crippen LogP contribution in [0.5, 0.6) is 0 Å². The summed E-state index contributed by atoms with van der Waals surface area (Å²) in [5.74, 6) is 1.29. The molecule has 5 heteroatoms. The smallest absolute Gasteiger partial charge is 0.244 e. The molecule has 0 amide bonds. The highest BCUT2D eigenvalue weighted by molar-refractivity contribution is 5.37. The van der Waals surface area contributed by atoms with Crippen molar-refractivity contribution in [3.63, 3.8) is 0 Å². The zero-order chi connectivity index (χ0) is 13.3. The van der Waals surface area contributed by atoms with Crippen molar-refractivity contribution in [2.45, 2.75) is 32.1 Å². The second kappa shape index (κ2) is 7.51. The number of nitrogens with zero attached hydrogens (tertiary/aromatic N) is 3. The summed E-state index contributed by atoms with van der Waals surface area (Å²) in [6.07, 6.45) is 11.9. The Kier molecular flexibility index (Phi) is 5.34. The topological polar surface area (TPSA) is 62.7 Å². The summed E-state index contributed by atoms with van der Waals surface area (Å²) < 4.78 is 0. The molecule has 0 radical (unpaired) electrons. The summed E-state index contributed by atoms with van der Waals surface area (Å²) in [4.78, 5) is 4.33. The van der Waals surface area contributed by atoms with E-state index in [2.05, 4.69) is 38.5 Å². The molecule has 0 spiro atoms. The van der Waals surface area contributed by atoms with Gasteiger partial charge in [-0.25, -0.2) is 0 Å². The molecule has 5 nitrogen and oxygen atoms in total. The van der Waals surface area contributed by atoms with Crippen molar-refractivity contribution in [1.29, 1.82) is 0 Å². The summed E-state index contributed by atoms with van der Waals surface area (Å²) in [5, 5.41) is 14.2. The fourth-order valence-corrected chi connectivity index (χ4v) is 2.11. The van der Waals surface area contributed by atoms with Crippen LogP contribution in [-0.2, 0) is 0 Å². The summed E-state index contributed by atoms with van der Waals surface area (Å²) in [7, 11) is 0. The number of allylic oxidation sites excluding steroid dienone is 1. The van der Waals surface area contributed by atoms with Gasteiger partial charge < -0.3 is 10.6 Å². The Balaban J connectivity index is 1.78. The first-order valence-corrected chi connectivity index (χ1v) is 6.85. The van der Waals surface area contributed by atoms with Gasteiger partial charge in [-0.3, -0.25) is 0 Å². The minimum Gasteiger partial charge on any atom is -0.365 e. The lowest BCUT2D eigenvalue weighted by Gasteiger charge is -2.12. The highest BCUT2D eigenvalue weighted by Crippen LogP contribution is 2.19. The summed E-state index contributed by atoms with van der Waals surface area (Å²) in [6, 6.07) is 0. The molecule has 2 rings (SSSR count). The number of anilines is 2. The van der Waals surface area contributed by atoms with Gasteiger partial charge in [0.2, 0.25) is 5.95 Å². The molecule has 1 heterocycles. The van der Waals surface area contributed by atoms with E-state index in [0.717, 1.165) is 13.0 Å². The Labute approximate surface area is 114 Å². The summed E-state index contributed by atoms with van der Waals surface area (Å²) >= 11 is 0. The van der Waals surface area contributed by atoms with Gasteiger partial charge in [-0.05, 0) is 32.1 Å². The maximum absolute atomic E-state index is 4.33. The maximum Gasteiger partial charge on any atom is 0.244 e. The van der Waals surface area contributed by atoms with Gasteiger partial charge in [0.05, 0.1) is 6.20 Å². The van der Waals surface area contributed by atoms with Crippen LogP contribution in [0, 0.1) is 0 Å². The van der Waals surface area contributed by atoms with Crippen LogP contribution in [0.25, 0.3) is 0 Å². The molecule has 0 atom stereocenters. The SMILES string of the molecule is C=CCNc1cnnc(NCCC2=CCCCC2)n1. The molecule has 1 aromatic rings. The van der Waals surface area contributed by atoms with Crippen LogP contribution in [-0.4, -0.2) is 28.3 Å². The van der Waals surface area contributed by atoms with Gasteiger partial charge in [0.1, 0.15) is 0 Å². The van der Waals surface area contributed by atoms with Crippen LogP contribution in [0.2, 0.25) is 0 Å². The molecule has 102 valence electrons. The lowest BCUT2D eigenvalue weighted by molar-refractivity contribution is 0.678. The minimum atomic E-state index is 0.575. The van der Waals surface area contributed by atoms with Gasteiger partial charge >= 0.3 is 0 Å². The Morgan fingerprint density at radius 2 is 2.26 bits per heavy atom. The first-order valence-electron chi connectivity index (χ1n) is 6.85. The Bertz CT molecular complexity index is 441. The van der Waals surface area contributed by atoms with Crippen LogP contribution in [0.1, 0.15) is 32.1 Å². The van der Waals surface area contributed by atoms with Crippen molar-refractivity contribution in [2.24, 2.45) is 0 Å². The number of nitrogens with one attached hydrogen (secondary N) is 2. The Hall–Kier alpha value is -1.91. The van der Waals surface area contributed by atoms with E-state index >= 15 is 0 Å². The molecule has 0 unspecified atom stereocenters. The van der Waals surface area contributed by atoms with Crippen molar-refractivity contribution in [3.05, 3.63) is 30.5 Å². The van der Waals surface area contributed by atoms with Crippen LogP contribution < -0.4 is 10.6 Å². The van der Waals surface area contributed by atoms with E-state index in [-0.39, 0.29) is 0 Å². The maximum atomic E-state index is 4.33. The molecular weight excluding hydrogens is 238 g/mol. The molecule has 19 heavy (non-hydrogen) atoms. The number of rotatable bonds is 7. The normalized spacial score (nSPS) is 14.6.